The summed E-state index contributed by atoms with van der Waals surface area (Å²) in [5.41, 5.74) is 1.25. The van der Waals surface area contributed by atoms with E-state index in [0.717, 1.165) is 0 Å². The third kappa shape index (κ3) is 4.64. The first-order chi connectivity index (χ1) is 11.5. The molecule has 7 nitrogen and oxygen atoms in total. The van der Waals surface area contributed by atoms with Crippen LogP contribution in [0.2, 0.25) is 0 Å². The summed E-state index contributed by atoms with van der Waals surface area (Å²) < 4.78 is 5.22. The van der Waals surface area contributed by atoms with Crippen molar-refractivity contribution in [3.8, 4) is 5.75 Å². The van der Waals surface area contributed by atoms with Crippen LogP contribution in [0.1, 0.15) is 11.7 Å². The monoisotopic (exact) mass is 347 g/mol. The Labute approximate surface area is 144 Å². The van der Waals surface area contributed by atoms with Crippen LogP contribution in [0.4, 0.5) is 11.4 Å². The lowest BCUT2D eigenvalue weighted by molar-refractivity contribution is -0.384. The molecule has 0 heterocycles. The predicted octanol–water partition coefficient (Wildman–Crippen LogP) is 2.62. The summed E-state index contributed by atoms with van der Waals surface area (Å²) in [6, 6.07) is 13.0. The second-order valence-corrected chi connectivity index (χ2v) is 5.31. The molecule has 2 rings (SSSR count). The van der Waals surface area contributed by atoms with Crippen LogP contribution in [-0.4, -0.2) is 28.8 Å². The van der Waals surface area contributed by atoms with E-state index in [4.69, 9.17) is 17.0 Å². The van der Waals surface area contributed by atoms with E-state index in [9.17, 15) is 15.2 Å². The van der Waals surface area contributed by atoms with E-state index in [2.05, 4.69) is 10.6 Å². The lowest BCUT2D eigenvalue weighted by atomic mass is 10.1. The fourth-order valence-corrected chi connectivity index (χ4v) is 2.23. The minimum absolute atomic E-state index is 0.0210. The normalized spacial score (nSPS) is 11.4. The molecule has 0 saturated carbocycles. The highest BCUT2D eigenvalue weighted by atomic mass is 32.1. The number of aliphatic hydroxyl groups excluding tert-OH is 1. The van der Waals surface area contributed by atoms with Gasteiger partial charge in [0.05, 0.1) is 23.8 Å². The number of nitrogens with one attached hydrogen (secondary N) is 2. The van der Waals surface area contributed by atoms with Gasteiger partial charge in [-0.05, 0) is 42.0 Å². The topological polar surface area (TPSA) is 96.7 Å². The van der Waals surface area contributed by atoms with Gasteiger partial charge < -0.3 is 20.5 Å². The van der Waals surface area contributed by atoms with Gasteiger partial charge in [0.2, 0.25) is 0 Å². The van der Waals surface area contributed by atoms with Gasteiger partial charge in [0.25, 0.3) is 5.69 Å². The highest BCUT2D eigenvalue weighted by Gasteiger charge is 2.11. The van der Waals surface area contributed by atoms with Crippen molar-refractivity contribution >= 4 is 28.7 Å². The van der Waals surface area contributed by atoms with Gasteiger partial charge in [-0.15, -0.1) is 0 Å². The van der Waals surface area contributed by atoms with Crippen LogP contribution in [0.3, 0.4) is 0 Å². The van der Waals surface area contributed by atoms with E-state index >= 15 is 0 Å². The van der Waals surface area contributed by atoms with Gasteiger partial charge in [0, 0.05) is 18.7 Å². The molecule has 0 amide bonds. The van der Waals surface area contributed by atoms with Crippen LogP contribution < -0.4 is 15.4 Å². The summed E-state index contributed by atoms with van der Waals surface area (Å²) in [6.07, 6.45) is -0.844. The Bertz CT molecular complexity index is 722. The average Bonchev–Trinajstić information content (AvgIpc) is 2.60. The standard InChI is InChI=1S/C16H17N3O4S/c1-23-15-5-3-2-4-13(15)18-16(24)17-10-14(20)11-6-8-12(9-7-11)19(21)22/h2-9,14,20H,10H2,1H3,(H2,17,18,24). The zero-order valence-corrected chi connectivity index (χ0v) is 13.7. The zero-order chi connectivity index (χ0) is 17.5. The van der Waals surface area contributed by atoms with Crippen molar-refractivity contribution in [2.24, 2.45) is 0 Å². The summed E-state index contributed by atoms with van der Waals surface area (Å²) in [7, 11) is 1.56. The molecule has 0 saturated heterocycles. The molecule has 2 aromatic carbocycles. The molecule has 0 aliphatic rings. The van der Waals surface area contributed by atoms with Crippen LogP contribution in [0.15, 0.2) is 48.5 Å². The SMILES string of the molecule is COc1ccccc1NC(=S)NCC(O)c1ccc([N+](=O)[O-])cc1. The number of hydrogen-bond acceptors (Lipinski definition) is 5. The number of anilines is 1. The number of nitrogens with zero attached hydrogens (tertiary/aromatic N) is 1. The molecule has 126 valence electrons. The fourth-order valence-electron chi connectivity index (χ4n) is 2.04. The number of aliphatic hydroxyl groups is 1. The van der Waals surface area contributed by atoms with Crippen LogP contribution >= 0.6 is 12.2 Å². The second-order valence-electron chi connectivity index (χ2n) is 4.90. The third-order valence-corrected chi connectivity index (χ3v) is 3.55. The van der Waals surface area contributed by atoms with Gasteiger partial charge in [-0.3, -0.25) is 10.1 Å². The number of methoxy groups -OCH3 is 1. The van der Waals surface area contributed by atoms with Crippen molar-refractivity contribution in [2.75, 3.05) is 19.0 Å². The van der Waals surface area contributed by atoms with E-state index < -0.39 is 11.0 Å². The summed E-state index contributed by atoms with van der Waals surface area (Å²) in [6.45, 7) is 0.165. The number of nitro groups is 1. The summed E-state index contributed by atoms with van der Waals surface area (Å²) in [5, 5.41) is 27.0. The van der Waals surface area contributed by atoms with E-state index in [0.29, 0.717) is 22.1 Å². The fraction of sp³-hybridized carbons (Fsp3) is 0.188. The second kappa shape index (κ2) is 8.23. The highest BCUT2D eigenvalue weighted by Crippen LogP contribution is 2.23. The number of ether oxygens (including phenoxy) is 1. The molecule has 1 unspecified atom stereocenters. The maximum atomic E-state index is 10.6. The number of para-hydroxylation sites is 2. The van der Waals surface area contributed by atoms with Crippen molar-refractivity contribution in [1.29, 1.82) is 0 Å². The molecule has 0 aliphatic heterocycles. The highest BCUT2D eigenvalue weighted by molar-refractivity contribution is 7.80. The van der Waals surface area contributed by atoms with Gasteiger partial charge in [0.15, 0.2) is 5.11 Å². The Kier molecular flexibility index (Phi) is 6.05. The van der Waals surface area contributed by atoms with Crippen molar-refractivity contribution in [1.82, 2.24) is 5.32 Å². The molecule has 0 aliphatic carbocycles. The molecule has 0 radical (unpaired) electrons. The Morgan fingerprint density at radius 3 is 2.58 bits per heavy atom. The smallest absolute Gasteiger partial charge is 0.269 e. The summed E-state index contributed by atoms with van der Waals surface area (Å²) in [4.78, 5) is 10.1. The van der Waals surface area contributed by atoms with Gasteiger partial charge in [-0.1, -0.05) is 12.1 Å². The minimum atomic E-state index is -0.844. The van der Waals surface area contributed by atoms with Crippen molar-refractivity contribution in [3.05, 3.63) is 64.2 Å². The lowest BCUT2D eigenvalue weighted by Crippen LogP contribution is -2.32. The van der Waals surface area contributed by atoms with Crippen molar-refractivity contribution < 1.29 is 14.8 Å². The van der Waals surface area contributed by atoms with Crippen LogP contribution in [-0.2, 0) is 0 Å². The van der Waals surface area contributed by atoms with Gasteiger partial charge in [0.1, 0.15) is 5.75 Å². The Balaban J connectivity index is 1.90. The van der Waals surface area contributed by atoms with Crippen molar-refractivity contribution in [2.45, 2.75) is 6.10 Å². The lowest BCUT2D eigenvalue weighted by Gasteiger charge is -2.16. The van der Waals surface area contributed by atoms with E-state index in [1.165, 1.54) is 24.3 Å². The molecular formula is C16H17N3O4S. The molecule has 0 spiro atoms. The number of hydrogen-bond donors (Lipinski definition) is 3. The maximum absolute atomic E-state index is 10.6. The largest absolute Gasteiger partial charge is 0.495 e. The van der Waals surface area contributed by atoms with Crippen LogP contribution in [0.25, 0.3) is 0 Å². The van der Waals surface area contributed by atoms with Crippen molar-refractivity contribution in [3.63, 3.8) is 0 Å². The Hall–Kier alpha value is -2.71. The van der Waals surface area contributed by atoms with Gasteiger partial charge >= 0.3 is 0 Å². The summed E-state index contributed by atoms with van der Waals surface area (Å²) in [5.74, 6) is 0.651. The van der Waals surface area contributed by atoms with Gasteiger partial charge in [-0.25, -0.2) is 0 Å². The molecule has 0 bridgehead atoms. The molecule has 3 N–H and O–H groups in total. The number of benzene rings is 2. The van der Waals surface area contributed by atoms with E-state index in [1.807, 2.05) is 18.2 Å². The predicted molar refractivity (Wildman–Crippen MR) is 95.3 cm³/mol. The Morgan fingerprint density at radius 2 is 1.96 bits per heavy atom. The maximum Gasteiger partial charge on any atom is 0.269 e. The first-order valence-corrected chi connectivity index (χ1v) is 7.52. The number of nitro benzene ring substituents is 1. The summed E-state index contributed by atoms with van der Waals surface area (Å²) >= 11 is 5.19. The molecule has 0 fully saturated rings. The molecule has 2 aromatic rings. The zero-order valence-electron chi connectivity index (χ0n) is 12.9. The van der Waals surface area contributed by atoms with Crippen LogP contribution in [0, 0.1) is 10.1 Å². The average molecular weight is 347 g/mol. The minimum Gasteiger partial charge on any atom is -0.495 e. The quantitative estimate of drug-likeness (QED) is 0.420. The van der Waals surface area contributed by atoms with Gasteiger partial charge in [-0.2, -0.15) is 0 Å². The number of rotatable bonds is 6. The molecular weight excluding hydrogens is 330 g/mol. The Morgan fingerprint density at radius 1 is 1.29 bits per heavy atom. The van der Waals surface area contributed by atoms with Crippen LogP contribution in [0.5, 0.6) is 5.75 Å². The molecule has 0 aromatic heterocycles. The molecule has 1 atom stereocenters. The molecule has 24 heavy (non-hydrogen) atoms. The first kappa shape index (κ1) is 17.6. The third-order valence-electron chi connectivity index (χ3n) is 3.30. The number of non-ortho nitro benzene ring substituents is 1. The molecule has 8 heteroatoms. The van der Waals surface area contributed by atoms with E-state index in [1.54, 1.807) is 13.2 Å². The number of thiocarbonyl (C=S) groups is 1. The first-order valence-electron chi connectivity index (χ1n) is 7.11. The van der Waals surface area contributed by atoms with E-state index in [-0.39, 0.29) is 12.2 Å².